The number of aromatic nitrogens is 1. The van der Waals surface area contributed by atoms with Gasteiger partial charge in [-0.1, -0.05) is 12.1 Å². The molecule has 2 rings (SSSR count). The average Bonchev–Trinajstić information content (AvgIpc) is 2.90. The number of carbonyl (C=O) groups is 1. The molecule has 0 radical (unpaired) electrons. The molecule has 2 aromatic rings. The van der Waals surface area contributed by atoms with E-state index in [9.17, 15) is 9.90 Å². The lowest BCUT2D eigenvalue weighted by Gasteiger charge is -2.28. The van der Waals surface area contributed by atoms with Crippen LogP contribution in [0.1, 0.15) is 36.1 Å². The van der Waals surface area contributed by atoms with Crippen LogP contribution in [0, 0.1) is 6.92 Å². The number of aryl methyl sites for hydroxylation is 1. The summed E-state index contributed by atoms with van der Waals surface area (Å²) < 4.78 is 0. The molecule has 0 unspecified atom stereocenters. The van der Waals surface area contributed by atoms with Crippen molar-refractivity contribution in [3.05, 3.63) is 40.2 Å². The molecular weight excluding hydrogens is 296 g/mol. The fourth-order valence-electron chi connectivity index (χ4n) is 2.28. The maximum absolute atomic E-state index is 12.6. The molecule has 1 aromatic heterocycles. The normalized spacial score (nSPS) is 11.5. The van der Waals surface area contributed by atoms with Gasteiger partial charge in [0.05, 0.1) is 16.3 Å². The van der Waals surface area contributed by atoms with E-state index < -0.39 is 5.60 Å². The summed E-state index contributed by atoms with van der Waals surface area (Å²) in [4.78, 5) is 18.8. The van der Waals surface area contributed by atoms with Crippen LogP contribution < -0.4 is 0 Å². The van der Waals surface area contributed by atoms with Crippen LogP contribution in [0.3, 0.4) is 0 Å². The SMILES string of the molecule is CCN(CC(C)(C)O)C(=O)c1cccc(-c2csc(C)n2)c1. The predicted octanol–water partition coefficient (Wildman–Crippen LogP) is 3.35. The Kier molecular flexibility index (Phi) is 4.98. The molecule has 4 nitrogen and oxygen atoms in total. The number of amides is 1. The zero-order valence-electron chi connectivity index (χ0n) is 13.5. The Morgan fingerprint density at radius 3 is 2.68 bits per heavy atom. The van der Waals surface area contributed by atoms with Crippen molar-refractivity contribution in [1.29, 1.82) is 0 Å². The average molecular weight is 318 g/mol. The minimum absolute atomic E-state index is 0.0709. The first-order valence-electron chi connectivity index (χ1n) is 7.34. The van der Waals surface area contributed by atoms with Crippen molar-refractivity contribution in [1.82, 2.24) is 9.88 Å². The summed E-state index contributed by atoms with van der Waals surface area (Å²) in [6.45, 7) is 8.16. The highest BCUT2D eigenvalue weighted by Gasteiger charge is 2.22. The highest BCUT2D eigenvalue weighted by atomic mass is 32.1. The number of hydrogen-bond donors (Lipinski definition) is 1. The third-order valence-electron chi connectivity index (χ3n) is 3.27. The van der Waals surface area contributed by atoms with E-state index in [4.69, 9.17) is 0 Å². The fourth-order valence-corrected chi connectivity index (χ4v) is 2.91. The number of aliphatic hydroxyl groups is 1. The second-order valence-corrected chi connectivity index (χ2v) is 7.03. The van der Waals surface area contributed by atoms with Crippen LogP contribution in [0.4, 0.5) is 0 Å². The highest BCUT2D eigenvalue weighted by molar-refractivity contribution is 7.09. The van der Waals surface area contributed by atoms with Gasteiger partial charge in [-0.15, -0.1) is 11.3 Å². The first kappa shape index (κ1) is 16.6. The lowest BCUT2D eigenvalue weighted by Crippen LogP contribution is -2.42. The standard InChI is InChI=1S/C17H22N2O2S/c1-5-19(11-17(3,4)21)16(20)14-8-6-7-13(9-14)15-10-22-12(2)18-15/h6-10,21H,5,11H2,1-4H3. The van der Waals surface area contributed by atoms with Crippen molar-refractivity contribution in [2.45, 2.75) is 33.3 Å². The summed E-state index contributed by atoms with van der Waals surface area (Å²) >= 11 is 1.59. The van der Waals surface area contributed by atoms with E-state index in [1.54, 1.807) is 36.2 Å². The molecule has 1 N–H and O–H groups in total. The molecule has 1 aromatic carbocycles. The fraction of sp³-hybridized carbons (Fsp3) is 0.412. The summed E-state index contributed by atoms with van der Waals surface area (Å²) in [6.07, 6.45) is 0. The van der Waals surface area contributed by atoms with Crippen LogP contribution >= 0.6 is 11.3 Å². The molecule has 0 aliphatic carbocycles. The van der Waals surface area contributed by atoms with Crippen molar-refractivity contribution in [3.63, 3.8) is 0 Å². The van der Waals surface area contributed by atoms with E-state index in [0.29, 0.717) is 18.7 Å². The minimum Gasteiger partial charge on any atom is -0.389 e. The van der Waals surface area contributed by atoms with Crippen LogP contribution in [0.25, 0.3) is 11.3 Å². The van der Waals surface area contributed by atoms with E-state index >= 15 is 0 Å². The smallest absolute Gasteiger partial charge is 0.253 e. The Bertz CT molecular complexity index is 659. The Morgan fingerprint density at radius 1 is 1.41 bits per heavy atom. The van der Waals surface area contributed by atoms with E-state index in [2.05, 4.69) is 4.98 Å². The van der Waals surface area contributed by atoms with Crippen molar-refractivity contribution in [2.24, 2.45) is 0 Å². The summed E-state index contributed by atoms with van der Waals surface area (Å²) in [5, 5.41) is 12.9. The van der Waals surface area contributed by atoms with Gasteiger partial charge in [-0.05, 0) is 39.8 Å². The molecule has 0 saturated heterocycles. The van der Waals surface area contributed by atoms with Crippen LogP contribution in [-0.4, -0.2) is 39.6 Å². The van der Waals surface area contributed by atoms with Gasteiger partial charge in [-0.2, -0.15) is 0 Å². The zero-order valence-corrected chi connectivity index (χ0v) is 14.3. The van der Waals surface area contributed by atoms with Gasteiger partial charge in [0.1, 0.15) is 0 Å². The minimum atomic E-state index is -0.907. The first-order chi connectivity index (χ1) is 10.3. The zero-order chi connectivity index (χ0) is 16.3. The maximum atomic E-state index is 12.6. The van der Waals surface area contributed by atoms with Crippen molar-refractivity contribution in [2.75, 3.05) is 13.1 Å². The molecule has 0 saturated carbocycles. The molecule has 5 heteroatoms. The number of benzene rings is 1. The molecule has 118 valence electrons. The van der Waals surface area contributed by atoms with Gasteiger partial charge in [0, 0.05) is 29.6 Å². The topological polar surface area (TPSA) is 53.4 Å². The van der Waals surface area contributed by atoms with Crippen molar-refractivity contribution in [3.8, 4) is 11.3 Å². The van der Waals surface area contributed by atoms with Gasteiger partial charge in [0.25, 0.3) is 5.91 Å². The van der Waals surface area contributed by atoms with Crippen LogP contribution in [-0.2, 0) is 0 Å². The number of thiazole rings is 1. The van der Waals surface area contributed by atoms with Crippen LogP contribution in [0.2, 0.25) is 0 Å². The number of rotatable bonds is 5. The third-order valence-corrected chi connectivity index (χ3v) is 4.04. The molecule has 0 spiro atoms. The number of likely N-dealkylation sites (N-methyl/N-ethyl adjacent to an activating group) is 1. The summed E-state index contributed by atoms with van der Waals surface area (Å²) in [5.41, 5.74) is 1.54. The van der Waals surface area contributed by atoms with Gasteiger partial charge in [0.2, 0.25) is 0 Å². The molecule has 0 bridgehead atoms. The van der Waals surface area contributed by atoms with Crippen molar-refractivity contribution >= 4 is 17.2 Å². The maximum Gasteiger partial charge on any atom is 0.253 e. The Balaban J connectivity index is 2.26. The molecule has 0 fully saturated rings. The molecule has 0 aliphatic rings. The van der Waals surface area contributed by atoms with Crippen LogP contribution in [0.5, 0.6) is 0 Å². The van der Waals surface area contributed by atoms with E-state index in [-0.39, 0.29) is 5.91 Å². The largest absolute Gasteiger partial charge is 0.389 e. The number of carbonyl (C=O) groups excluding carboxylic acids is 1. The molecular formula is C17H22N2O2S. The number of hydrogen-bond acceptors (Lipinski definition) is 4. The highest BCUT2D eigenvalue weighted by Crippen LogP contribution is 2.23. The predicted molar refractivity (Wildman–Crippen MR) is 90.2 cm³/mol. The summed E-state index contributed by atoms with van der Waals surface area (Å²) in [5.74, 6) is -0.0709. The van der Waals surface area contributed by atoms with E-state index in [1.807, 2.05) is 37.4 Å². The Morgan fingerprint density at radius 2 is 2.14 bits per heavy atom. The van der Waals surface area contributed by atoms with Crippen molar-refractivity contribution < 1.29 is 9.90 Å². The second kappa shape index (κ2) is 6.58. The summed E-state index contributed by atoms with van der Waals surface area (Å²) in [7, 11) is 0. The van der Waals surface area contributed by atoms with Gasteiger partial charge >= 0.3 is 0 Å². The second-order valence-electron chi connectivity index (χ2n) is 5.96. The van der Waals surface area contributed by atoms with Gasteiger partial charge < -0.3 is 10.0 Å². The summed E-state index contributed by atoms with van der Waals surface area (Å²) in [6, 6.07) is 7.49. The molecule has 22 heavy (non-hydrogen) atoms. The van der Waals surface area contributed by atoms with Crippen LogP contribution in [0.15, 0.2) is 29.6 Å². The molecule has 1 heterocycles. The van der Waals surface area contributed by atoms with Gasteiger partial charge in [-0.3, -0.25) is 4.79 Å². The van der Waals surface area contributed by atoms with E-state index in [1.165, 1.54) is 0 Å². The lowest BCUT2D eigenvalue weighted by molar-refractivity contribution is 0.0315. The molecule has 0 atom stereocenters. The van der Waals surface area contributed by atoms with E-state index in [0.717, 1.165) is 16.3 Å². The first-order valence-corrected chi connectivity index (χ1v) is 8.22. The Hall–Kier alpha value is -1.72. The van der Waals surface area contributed by atoms with Gasteiger partial charge in [-0.25, -0.2) is 4.98 Å². The van der Waals surface area contributed by atoms with Gasteiger partial charge in [0.15, 0.2) is 0 Å². The Labute approximate surface area is 135 Å². The molecule has 1 amide bonds. The monoisotopic (exact) mass is 318 g/mol. The third kappa shape index (κ3) is 4.15. The quantitative estimate of drug-likeness (QED) is 0.920. The lowest BCUT2D eigenvalue weighted by atomic mass is 10.1. The molecule has 0 aliphatic heterocycles. The number of nitrogens with zero attached hydrogens (tertiary/aromatic N) is 2.